The molecule has 0 unspecified atom stereocenters. The minimum Gasteiger partial charge on any atom is -0.507 e. The smallest absolute Gasteiger partial charge is 0.254 e. The van der Waals surface area contributed by atoms with Gasteiger partial charge in [0, 0.05) is 23.1 Å². The maximum atomic E-state index is 11.7. The van der Waals surface area contributed by atoms with Crippen molar-refractivity contribution in [1.29, 1.82) is 0 Å². The molecule has 0 aliphatic carbocycles. The molecular formula is C13H16BrN3O3. The fourth-order valence-corrected chi connectivity index (χ4v) is 2.18. The number of ether oxygens (including phenoxy) is 1. The molecule has 0 radical (unpaired) electrons. The third-order valence-corrected chi connectivity index (χ3v) is 3.35. The number of nitrogens with zero attached hydrogens (tertiary/aromatic N) is 2. The molecule has 1 aromatic rings. The first kappa shape index (κ1) is 15.0. The second-order valence-corrected chi connectivity index (χ2v) is 5.30. The van der Waals surface area contributed by atoms with E-state index < -0.39 is 0 Å². The third-order valence-electron chi connectivity index (χ3n) is 2.85. The SMILES string of the molecule is O=C(CN1CCOCC1)NN=Cc1cc(Br)ccc1O. The molecule has 2 rings (SSSR count). The number of phenolic OH excluding ortho intramolecular Hbond substituents is 1. The summed E-state index contributed by atoms with van der Waals surface area (Å²) in [4.78, 5) is 13.7. The Labute approximate surface area is 125 Å². The average molecular weight is 342 g/mol. The number of nitrogens with one attached hydrogen (secondary N) is 1. The van der Waals surface area contributed by atoms with E-state index in [-0.39, 0.29) is 11.7 Å². The first-order valence-corrected chi connectivity index (χ1v) is 7.05. The summed E-state index contributed by atoms with van der Waals surface area (Å²) in [5.41, 5.74) is 2.98. The topological polar surface area (TPSA) is 74.2 Å². The minimum absolute atomic E-state index is 0.111. The molecule has 6 nitrogen and oxygen atoms in total. The van der Waals surface area contributed by atoms with E-state index in [9.17, 15) is 9.90 Å². The molecule has 1 amide bonds. The van der Waals surface area contributed by atoms with Gasteiger partial charge in [0.2, 0.25) is 0 Å². The number of amides is 1. The summed E-state index contributed by atoms with van der Waals surface area (Å²) < 4.78 is 6.04. The highest BCUT2D eigenvalue weighted by Crippen LogP contribution is 2.19. The Kier molecular flexibility index (Phi) is 5.51. The summed E-state index contributed by atoms with van der Waals surface area (Å²) in [5, 5.41) is 13.5. The van der Waals surface area contributed by atoms with E-state index in [0.717, 1.165) is 17.6 Å². The van der Waals surface area contributed by atoms with Crippen LogP contribution in [0.15, 0.2) is 27.8 Å². The first-order valence-electron chi connectivity index (χ1n) is 6.25. The summed E-state index contributed by atoms with van der Waals surface area (Å²) in [7, 11) is 0. The Hall–Kier alpha value is -1.44. The van der Waals surface area contributed by atoms with Crippen LogP contribution in [0.2, 0.25) is 0 Å². The zero-order valence-corrected chi connectivity index (χ0v) is 12.5. The number of carbonyl (C=O) groups is 1. The van der Waals surface area contributed by atoms with Crippen molar-refractivity contribution in [2.75, 3.05) is 32.8 Å². The lowest BCUT2D eigenvalue weighted by Gasteiger charge is -2.25. The van der Waals surface area contributed by atoms with Gasteiger partial charge in [0.15, 0.2) is 0 Å². The molecular weight excluding hydrogens is 326 g/mol. The molecule has 0 spiro atoms. The zero-order chi connectivity index (χ0) is 14.4. The van der Waals surface area contributed by atoms with Crippen LogP contribution in [0, 0.1) is 0 Å². The van der Waals surface area contributed by atoms with E-state index in [2.05, 4.69) is 26.5 Å². The van der Waals surface area contributed by atoms with Gasteiger partial charge in [-0.1, -0.05) is 15.9 Å². The maximum absolute atomic E-state index is 11.7. The summed E-state index contributed by atoms with van der Waals surface area (Å²) in [6.45, 7) is 3.11. The molecule has 1 fully saturated rings. The Morgan fingerprint density at radius 3 is 3.00 bits per heavy atom. The van der Waals surface area contributed by atoms with Crippen molar-refractivity contribution in [2.24, 2.45) is 5.10 Å². The molecule has 0 atom stereocenters. The molecule has 108 valence electrons. The van der Waals surface area contributed by atoms with Crippen LogP contribution in [0.5, 0.6) is 5.75 Å². The highest BCUT2D eigenvalue weighted by atomic mass is 79.9. The largest absolute Gasteiger partial charge is 0.507 e. The molecule has 1 aliphatic heterocycles. The van der Waals surface area contributed by atoms with Crippen molar-refractivity contribution in [1.82, 2.24) is 10.3 Å². The molecule has 0 aromatic heterocycles. The number of halogens is 1. The van der Waals surface area contributed by atoms with Crippen LogP contribution in [0.4, 0.5) is 0 Å². The monoisotopic (exact) mass is 341 g/mol. The van der Waals surface area contributed by atoms with Crippen molar-refractivity contribution in [3.8, 4) is 5.75 Å². The quantitative estimate of drug-likeness (QED) is 0.631. The van der Waals surface area contributed by atoms with Gasteiger partial charge in [0.25, 0.3) is 5.91 Å². The van der Waals surface area contributed by atoms with Crippen molar-refractivity contribution in [2.45, 2.75) is 0 Å². The number of carbonyl (C=O) groups excluding carboxylic acids is 1. The van der Waals surface area contributed by atoms with Crippen LogP contribution in [0.1, 0.15) is 5.56 Å². The molecule has 7 heteroatoms. The zero-order valence-electron chi connectivity index (χ0n) is 10.9. The third kappa shape index (κ3) is 4.59. The highest BCUT2D eigenvalue weighted by Gasteiger charge is 2.13. The predicted octanol–water partition coefficient (Wildman–Crippen LogP) is 0.937. The number of morpholine rings is 1. The molecule has 1 heterocycles. The van der Waals surface area contributed by atoms with Gasteiger partial charge in [-0.3, -0.25) is 9.69 Å². The summed E-state index contributed by atoms with van der Waals surface area (Å²) in [6, 6.07) is 5.00. The molecule has 1 aromatic carbocycles. The van der Waals surface area contributed by atoms with Gasteiger partial charge < -0.3 is 9.84 Å². The maximum Gasteiger partial charge on any atom is 0.254 e. The summed E-state index contributed by atoms with van der Waals surface area (Å²) >= 11 is 3.30. The number of phenols is 1. The number of hydrogen-bond acceptors (Lipinski definition) is 5. The highest BCUT2D eigenvalue weighted by molar-refractivity contribution is 9.10. The van der Waals surface area contributed by atoms with E-state index in [4.69, 9.17) is 4.74 Å². The van der Waals surface area contributed by atoms with Crippen LogP contribution in [0.3, 0.4) is 0 Å². The van der Waals surface area contributed by atoms with Gasteiger partial charge in [-0.2, -0.15) is 5.10 Å². The second-order valence-electron chi connectivity index (χ2n) is 4.38. The summed E-state index contributed by atoms with van der Waals surface area (Å²) in [6.07, 6.45) is 1.41. The number of aromatic hydroxyl groups is 1. The fraction of sp³-hybridized carbons (Fsp3) is 0.385. The molecule has 1 aliphatic rings. The Bertz CT molecular complexity index is 502. The number of hydrogen-bond donors (Lipinski definition) is 2. The Balaban J connectivity index is 1.83. The van der Waals surface area contributed by atoms with Crippen LogP contribution in [0.25, 0.3) is 0 Å². The normalized spacial score (nSPS) is 16.4. The van der Waals surface area contributed by atoms with Crippen LogP contribution in [-0.2, 0) is 9.53 Å². The van der Waals surface area contributed by atoms with E-state index in [0.29, 0.717) is 25.3 Å². The standard InChI is InChI=1S/C13H16BrN3O3/c14-11-1-2-12(18)10(7-11)8-15-16-13(19)9-17-3-5-20-6-4-17/h1-2,7-8,18H,3-6,9H2,(H,16,19). The van der Waals surface area contributed by atoms with Crippen molar-refractivity contribution < 1.29 is 14.6 Å². The second kappa shape index (κ2) is 7.37. The van der Waals surface area contributed by atoms with Gasteiger partial charge in [-0.25, -0.2) is 5.43 Å². The number of benzene rings is 1. The molecule has 1 saturated heterocycles. The van der Waals surface area contributed by atoms with E-state index in [1.807, 2.05) is 4.90 Å². The van der Waals surface area contributed by atoms with E-state index in [1.54, 1.807) is 18.2 Å². The van der Waals surface area contributed by atoms with Crippen molar-refractivity contribution >= 4 is 28.1 Å². The fourth-order valence-electron chi connectivity index (χ4n) is 1.80. The number of hydrazone groups is 1. The van der Waals surface area contributed by atoms with Crippen molar-refractivity contribution in [3.05, 3.63) is 28.2 Å². The average Bonchev–Trinajstić information content (AvgIpc) is 2.44. The molecule has 0 bridgehead atoms. The molecule has 2 N–H and O–H groups in total. The lowest BCUT2D eigenvalue weighted by Crippen LogP contribution is -2.42. The van der Waals surface area contributed by atoms with Crippen molar-refractivity contribution in [3.63, 3.8) is 0 Å². The molecule has 0 saturated carbocycles. The van der Waals surface area contributed by atoms with Gasteiger partial charge in [0.1, 0.15) is 5.75 Å². The summed E-state index contributed by atoms with van der Waals surface area (Å²) in [5.74, 6) is -0.0722. The lowest BCUT2D eigenvalue weighted by molar-refractivity contribution is -0.123. The van der Waals surface area contributed by atoms with Gasteiger partial charge >= 0.3 is 0 Å². The Morgan fingerprint density at radius 1 is 1.50 bits per heavy atom. The predicted molar refractivity (Wildman–Crippen MR) is 78.8 cm³/mol. The van der Waals surface area contributed by atoms with E-state index in [1.165, 1.54) is 6.21 Å². The minimum atomic E-state index is -0.183. The van der Waals surface area contributed by atoms with Crippen LogP contribution >= 0.6 is 15.9 Å². The van der Waals surface area contributed by atoms with E-state index >= 15 is 0 Å². The number of rotatable bonds is 4. The van der Waals surface area contributed by atoms with Gasteiger partial charge in [0.05, 0.1) is 26.0 Å². The Morgan fingerprint density at radius 2 is 2.25 bits per heavy atom. The van der Waals surface area contributed by atoms with Gasteiger partial charge in [-0.05, 0) is 18.2 Å². The van der Waals surface area contributed by atoms with Crippen LogP contribution < -0.4 is 5.43 Å². The lowest BCUT2D eigenvalue weighted by atomic mass is 10.2. The molecule has 20 heavy (non-hydrogen) atoms. The first-order chi connectivity index (χ1) is 9.65. The van der Waals surface area contributed by atoms with Gasteiger partial charge in [-0.15, -0.1) is 0 Å². The van der Waals surface area contributed by atoms with Crippen LogP contribution in [-0.4, -0.2) is 55.0 Å².